The second kappa shape index (κ2) is 3.69. The number of aromatic carboxylic acids is 1. The van der Waals surface area contributed by atoms with Crippen LogP contribution >= 0.6 is 0 Å². The summed E-state index contributed by atoms with van der Waals surface area (Å²) in [6.07, 6.45) is -2.40. The Morgan fingerprint density at radius 2 is 2.38 bits per heavy atom. The predicted molar refractivity (Wildman–Crippen MR) is 49.7 cm³/mol. The second-order valence-corrected chi connectivity index (χ2v) is 3.69. The predicted octanol–water partition coefficient (Wildman–Crippen LogP) is 0.987. The standard InChI is InChI=1S/C8H10F2N4O2/c1-3-2-4(5(9)10)14-8(11-3)12-6(13-14)7(15)16/h3-5H,2H2,1H3,(H,15,16)(H,11,12,13)/t3-,4-/m1/s1. The molecule has 1 aliphatic rings. The van der Waals surface area contributed by atoms with E-state index in [1.165, 1.54) is 0 Å². The fourth-order valence-corrected chi connectivity index (χ4v) is 1.69. The Morgan fingerprint density at radius 3 is 2.94 bits per heavy atom. The lowest BCUT2D eigenvalue weighted by Crippen LogP contribution is -2.33. The minimum absolute atomic E-state index is 0.0847. The number of halogens is 2. The molecule has 1 aromatic rings. The van der Waals surface area contributed by atoms with Crippen LogP contribution < -0.4 is 5.32 Å². The van der Waals surface area contributed by atoms with E-state index in [0.717, 1.165) is 4.68 Å². The summed E-state index contributed by atoms with van der Waals surface area (Å²) in [4.78, 5) is 14.3. The number of carboxylic acid groups (broad SMARTS) is 1. The monoisotopic (exact) mass is 232 g/mol. The minimum atomic E-state index is -2.59. The molecule has 0 aliphatic carbocycles. The Kier molecular flexibility index (Phi) is 2.49. The second-order valence-electron chi connectivity index (χ2n) is 3.69. The van der Waals surface area contributed by atoms with Gasteiger partial charge in [0.05, 0.1) is 0 Å². The van der Waals surface area contributed by atoms with Gasteiger partial charge in [0.25, 0.3) is 12.2 Å². The van der Waals surface area contributed by atoms with Gasteiger partial charge in [-0.1, -0.05) is 0 Å². The summed E-state index contributed by atoms with van der Waals surface area (Å²) in [5, 5.41) is 15.0. The van der Waals surface area contributed by atoms with Crippen molar-refractivity contribution in [2.75, 3.05) is 5.32 Å². The molecule has 0 fully saturated rings. The summed E-state index contributed by atoms with van der Waals surface area (Å²) < 4.78 is 26.4. The van der Waals surface area contributed by atoms with E-state index in [0.29, 0.717) is 0 Å². The summed E-state index contributed by atoms with van der Waals surface area (Å²) in [6, 6.07) is -1.30. The number of nitrogens with zero attached hydrogens (tertiary/aromatic N) is 3. The van der Waals surface area contributed by atoms with Crippen molar-refractivity contribution in [2.45, 2.75) is 31.9 Å². The minimum Gasteiger partial charge on any atom is -0.475 e. The normalized spacial score (nSPS) is 24.0. The highest BCUT2D eigenvalue weighted by Gasteiger charge is 2.33. The maximum absolute atomic E-state index is 12.7. The van der Waals surface area contributed by atoms with Crippen LogP contribution in [0.2, 0.25) is 0 Å². The fourth-order valence-electron chi connectivity index (χ4n) is 1.69. The number of nitrogens with one attached hydrogen (secondary N) is 1. The molecule has 88 valence electrons. The number of fused-ring (bicyclic) bond motifs is 1. The van der Waals surface area contributed by atoms with E-state index >= 15 is 0 Å². The van der Waals surface area contributed by atoms with E-state index in [1.807, 2.05) is 0 Å². The average molecular weight is 232 g/mol. The molecule has 8 heteroatoms. The third-order valence-electron chi connectivity index (χ3n) is 2.40. The molecule has 0 saturated heterocycles. The number of anilines is 1. The van der Waals surface area contributed by atoms with Crippen molar-refractivity contribution >= 4 is 11.9 Å². The molecule has 0 aromatic carbocycles. The highest BCUT2D eigenvalue weighted by molar-refractivity contribution is 5.83. The molecule has 0 amide bonds. The van der Waals surface area contributed by atoms with Gasteiger partial charge >= 0.3 is 5.97 Å². The van der Waals surface area contributed by atoms with E-state index in [-0.39, 0.29) is 18.4 Å². The van der Waals surface area contributed by atoms with Crippen LogP contribution in [0, 0.1) is 0 Å². The largest absolute Gasteiger partial charge is 0.475 e. The Labute approximate surface area is 89.3 Å². The summed E-state index contributed by atoms with van der Waals surface area (Å²) >= 11 is 0. The number of hydrogen-bond donors (Lipinski definition) is 2. The van der Waals surface area contributed by atoms with Gasteiger partial charge in [-0.2, -0.15) is 4.98 Å². The van der Waals surface area contributed by atoms with Gasteiger partial charge in [0.15, 0.2) is 0 Å². The van der Waals surface area contributed by atoms with Gasteiger partial charge in [0.1, 0.15) is 6.04 Å². The number of aromatic nitrogens is 3. The van der Waals surface area contributed by atoms with Crippen molar-refractivity contribution in [2.24, 2.45) is 0 Å². The van der Waals surface area contributed by atoms with Crippen molar-refractivity contribution in [1.82, 2.24) is 14.8 Å². The van der Waals surface area contributed by atoms with Crippen LogP contribution in [0.5, 0.6) is 0 Å². The highest BCUT2D eigenvalue weighted by atomic mass is 19.3. The van der Waals surface area contributed by atoms with Crippen molar-refractivity contribution in [3.63, 3.8) is 0 Å². The number of carbonyl (C=O) groups is 1. The van der Waals surface area contributed by atoms with Crippen LogP contribution in [0.3, 0.4) is 0 Å². The van der Waals surface area contributed by atoms with Gasteiger partial charge in [-0.3, -0.25) is 0 Å². The lowest BCUT2D eigenvalue weighted by Gasteiger charge is -2.28. The van der Waals surface area contributed by atoms with Gasteiger partial charge in [-0.15, -0.1) is 5.10 Å². The third-order valence-corrected chi connectivity index (χ3v) is 2.40. The molecular formula is C8H10F2N4O2. The Hall–Kier alpha value is -1.73. The maximum Gasteiger partial charge on any atom is 0.375 e. The van der Waals surface area contributed by atoms with Gasteiger partial charge in [-0.25, -0.2) is 18.3 Å². The lowest BCUT2D eigenvalue weighted by atomic mass is 10.1. The van der Waals surface area contributed by atoms with Crippen molar-refractivity contribution in [3.05, 3.63) is 5.82 Å². The molecule has 0 radical (unpaired) electrons. The molecule has 2 heterocycles. The molecule has 0 bridgehead atoms. The zero-order valence-electron chi connectivity index (χ0n) is 8.39. The molecule has 1 aromatic heterocycles. The number of alkyl halides is 2. The SMILES string of the molecule is C[C@@H]1C[C@H](C(F)F)n2nc(C(=O)O)nc2N1. The van der Waals surface area contributed by atoms with E-state index in [2.05, 4.69) is 15.4 Å². The Balaban J connectivity index is 2.41. The maximum atomic E-state index is 12.7. The van der Waals surface area contributed by atoms with Crippen molar-refractivity contribution < 1.29 is 18.7 Å². The molecule has 16 heavy (non-hydrogen) atoms. The van der Waals surface area contributed by atoms with E-state index in [1.54, 1.807) is 6.92 Å². The van der Waals surface area contributed by atoms with Gasteiger partial charge < -0.3 is 10.4 Å². The summed E-state index contributed by atoms with van der Waals surface area (Å²) in [5.41, 5.74) is 0. The topological polar surface area (TPSA) is 80.0 Å². The van der Waals surface area contributed by atoms with Crippen molar-refractivity contribution in [1.29, 1.82) is 0 Å². The van der Waals surface area contributed by atoms with Crippen LogP contribution in [0.15, 0.2) is 0 Å². The molecule has 2 N–H and O–H groups in total. The molecule has 1 aliphatic heterocycles. The summed E-state index contributed by atoms with van der Waals surface area (Å²) in [5.74, 6) is -1.71. The van der Waals surface area contributed by atoms with Gasteiger partial charge in [0, 0.05) is 6.04 Å². The molecular weight excluding hydrogens is 222 g/mol. The quantitative estimate of drug-likeness (QED) is 0.794. The van der Waals surface area contributed by atoms with E-state index in [9.17, 15) is 13.6 Å². The van der Waals surface area contributed by atoms with Crippen LogP contribution in [-0.4, -0.2) is 38.3 Å². The van der Waals surface area contributed by atoms with Crippen molar-refractivity contribution in [3.8, 4) is 0 Å². The van der Waals surface area contributed by atoms with E-state index < -0.39 is 24.3 Å². The van der Waals surface area contributed by atoms with Gasteiger partial charge in [-0.05, 0) is 13.3 Å². The number of hydrogen-bond acceptors (Lipinski definition) is 4. The molecule has 2 rings (SSSR count). The van der Waals surface area contributed by atoms with Gasteiger partial charge in [0.2, 0.25) is 5.95 Å². The lowest BCUT2D eigenvalue weighted by molar-refractivity contribution is 0.0630. The molecule has 0 saturated carbocycles. The number of rotatable bonds is 2. The first-order valence-corrected chi connectivity index (χ1v) is 4.73. The van der Waals surface area contributed by atoms with Crippen LogP contribution in [0.25, 0.3) is 0 Å². The van der Waals surface area contributed by atoms with E-state index in [4.69, 9.17) is 5.11 Å². The molecule has 0 unspecified atom stereocenters. The Morgan fingerprint density at radius 1 is 1.69 bits per heavy atom. The third kappa shape index (κ3) is 1.70. The first kappa shape index (κ1) is 10.8. The zero-order valence-corrected chi connectivity index (χ0v) is 8.39. The first-order valence-electron chi connectivity index (χ1n) is 4.73. The first-order chi connectivity index (χ1) is 7.49. The summed E-state index contributed by atoms with van der Waals surface area (Å²) in [6.45, 7) is 1.73. The van der Waals surface area contributed by atoms with Crippen LogP contribution in [0.1, 0.15) is 30.0 Å². The molecule has 0 spiro atoms. The van der Waals surface area contributed by atoms with Crippen LogP contribution in [-0.2, 0) is 0 Å². The molecule has 6 nitrogen and oxygen atoms in total. The highest BCUT2D eigenvalue weighted by Crippen LogP contribution is 2.29. The zero-order chi connectivity index (χ0) is 11.9. The summed E-state index contributed by atoms with van der Waals surface area (Å²) in [7, 11) is 0. The average Bonchev–Trinajstić information content (AvgIpc) is 2.59. The molecule has 2 atom stereocenters. The number of carboxylic acids is 1. The van der Waals surface area contributed by atoms with Crippen LogP contribution in [0.4, 0.5) is 14.7 Å². The Bertz CT molecular complexity index is 420. The smallest absolute Gasteiger partial charge is 0.375 e. The fraction of sp³-hybridized carbons (Fsp3) is 0.625.